The molecule has 2 aromatic heterocycles. The topological polar surface area (TPSA) is 99.9 Å². The number of hydrogen-bond donors (Lipinski definition) is 2. The lowest BCUT2D eigenvalue weighted by Crippen LogP contribution is -2.67. The third kappa shape index (κ3) is 4.73. The standard InChI is InChI=1S/C43H54N4O5/c1-7-24-15-23-20-43(42(49)52-6)39-27(13-14-47(21-23)40(24)43)29-17-30(36(50-4)19-34(29)45-39)31-16-28-25(8-2)22-46(3)35(37(28)41(48)51-5)18-32-26-11-9-10-12-33(26)44-38(31)32/h9-12,17,19,23-25,28,31,35,37,40,44-45H,7-8,13-16,18,20-22H2,1-6H3/t23-,24-,25+,28+,31-,35-,37?,40-,43+/m0/s1. The first-order valence-electron chi connectivity index (χ1n) is 19.7. The second-order valence-electron chi connectivity index (χ2n) is 16.7. The van der Waals surface area contributed by atoms with Crippen LogP contribution >= 0.6 is 0 Å². The van der Waals surface area contributed by atoms with E-state index in [0.29, 0.717) is 17.8 Å². The Morgan fingerprint density at radius 1 is 0.923 bits per heavy atom. The molecule has 10 atom stereocenters. The molecule has 0 radical (unpaired) electrons. The fourth-order valence-electron chi connectivity index (χ4n) is 12.4. The molecule has 2 N–H and O–H groups in total. The molecule has 6 heterocycles. The van der Waals surface area contributed by atoms with E-state index in [1.807, 2.05) is 0 Å². The highest BCUT2D eigenvalue weighted by Crippen LogP contribution is 2.56. The van der Waals surface area contributed by atoms with Gasteiger partial charge in [-0.05, 0) is 86.1 Å². The summed E-state index contributed by atoms with van der Waals surface area (Å²) in [4.78, 5) is 40.9. The molecular formula is C43H54N4O5. The van der Waals surface area contributed by atoms with Gasteiger partial charge in [-0.1, -0.05) is 44.9 Å². The molecule has 6 bridgehead atoms. The molecule has 52 heavy (non-hydrogen) atoms. The number of nitrogens with zero attached hydrogens (tertiary/aromatic N) is 2. The van der Waals surface area contributed by atoms with E-state index < -0.39 is 5.41 Å². The summed E-state index contributed by atoms with van der Waals surface area (Å²) in [5.41, 5.74) is 7.35. The first kappa shape index (κ1) is 34.0. The van der Waals surface area contributed by atoms with Crippen LogP contribution in [0.25, 0.3) is 21.8 Å². The number of esters is 2. The van der Waals surface area contributed by atoms with Crippen LogP contribution in [0.2, 0.25) is 0 Å². The fourth-order valence-corrected chi connectivity index (χ4v) is 12.4. The minimum Gasteiger partial charge on any atom is -0.496 e. The minimum absolute atomic E-state index is 0.0355. The maximum Gasteiger partial charge on any atom is 0.319 e. The molecule has 276 valence electrons. The zero-order valence-corrected chi connectivity index (χ0v) is 31.6. The minimum atomic E-state index is -0.718. The highest BCUT2D eigenvalue weighted by Gasteiger charge is 2.63. The third-order valence-corrected chi connectivity index (χ3v) is 14.6. The number of likely N-dealkylation sites (tertiary alicyclic amines) is 1. The van der Waals surface area contributed by atoms with E-state index >= 15 is 0 Å². The van der Waals surface area contributed by atoms with Crippen LogP contribution < -0.4 is 4.74 Å². The highest BCUT2D eigenvalue weighted by molar-refractivity contribution is 5.93. The van der Waals surface area contributed by atoms with Crippen LogP contribution in [0.5, 0.6) is 5.75 Å². The lowest BCUT2D eigenvalue weighted by molar-refractivity contribution is -0.162. The Morgan fingerprint density at radius 3 is 2.48 bits per heavy atom. The Morgan fingerprint density at radius 2 is 1.73 bits per heavy atom. The normalized spacial score (nSPS) is 33.8. The summed E-state index contributed by atoms with van der Waals surface area (Å²) in [6.45, 7) is 7.49. The second kappa shape index (κ2) is 12.7. The number of nitrogens with one attached hydrogen (secondary N) is 2. The average Bonchev–Trinajstić information content (AvgIpc) is 3.69. The van der Waals surface area contributed by atoms with Crippen LogP contribution in [0.3, 0.4) is 0 Å². The van der Waals surface area contributed by atoms with E-state index in [1.54, 1.807) is 21.3 Å². The number of ether oxygens (including phenoxy) is 3. The highest BCUT2D eigenvalue weighted by atomic mass is 16.5. The summed E-state index contributed by atoms with van der Waals surface area (Å²) < 4.78 is 17.6. The molecule has 0 amide bonds. The molecule has 2 aromatic carbocycles. The summed E-state index contributed by atoms with van der Waals surface area (Å²) in [7, 11) is 7.06. The van der Waals surface area contributed by atoms with Gasteiger partial charge in [0.2, 0.25) is 0 Å². The Hall–Kier alpha value is -3.82. The molecule has 0 spiro atoms. The van der Waals surface area contributed by atoms with Gasteiger partial charge in [-0.25, -0.2) is 0 Å². The van der Waals surface area contributed by atoms with Crippen molar-refractivity contribution in [3.63, 3.8) is 0 Å². The van der Waals surface area contributed by atoms with Gasteiger partial charge in [-0.3, -0.25) is 14.5 Å². The number of methoxy groups -OCH3 is 3. The molecular weight excluding hydrogens is 652 g/mol. The summed E-state index contributed by atoms with van der Waals surface area (Å²) in [6, 6.07) is 13.3. The van der Waals surface area contributed by atoms with E-state index in [2.05, 4.69) is 77.1 Å². The number of aromatic nitrogens is 2. The Kier molecular flexibility index (Phi) is 8.27. The van der Waals surface area contributed by atoms with Crippen LogP contribution in [-0.4, -0.2) is 91.8 Å². The van der Waals surface area contributed by atoms with E-state index in [9.17, 15) is 9.59 Å². The van der Waals surface area contributed by atoms with Crippen molar-refractivity contribution in [3.05, 3.63) is 64.5 Å². The van der Waals surface area contributed by atoms with Crippen molar-refractivity contribution in [1.82, 2.24) is 19.8 Å². The molecule has 3 saturated heterocycles. The van der Waals surface area contributed by atoms with Crippen LogP contribution in [0.15, 0.2) is 36.4 Å². The van der Waals surface area contributed by atoms with Gasteiger partial charge in [0.15, 0.2) is 0 Å². The van der Waals surface area contributed by atoms with Gasteiger partial charge in [0.25, 0.3) is 0 Å². The average molecular weight is 707 g/mol. The summed E-state index contributed by atoms with van der Waals surface area (Å²) >= 11 is 0. The monoisotopic (exact) mass is 706 g/mol. The lowest BCUT2D eigenvalue weighted by Gasteiger charge is -2.57. The smallest absolute Gasteiger partial charge is 0.319 e. The number of carbonyl (C=O) groups is 2. The molecule has 10 rings (SSSR count). The predicted molar refractivity (Wildman–Crippen MR) is 202 cm³/mol. The largest absolute Gasteiger partial charge is 0.496 e. The van der Waals surface area contributed by atoms with Crippen molar-refractivity contribution in [2.24, 2.45) is 29.6 Å². The van der Waals surface area contributed by atoms with Crippen molar-refractivity contribution in [2.45, 2.75) is 82.2 Å². The van der Waals surface area contributed by atoms with Crippen LogP contribution in [0, 0.1) is 29.6 Å². The summed E-state index contributed by atoms with van der Waals surface area (Å²) in [5.74, 6) is 1.78. The number of hydrogen-bond acceptors (Lipinski definition) is 7. The number of piperidine rings is 3. The van der Waals surface area contributed by atoms with Crippen molar-refractivity contribution in [3.8, 4) is 5.75 Å². The predicted octanol–water partition coefficient (Wildman–Crippen LogP) is 6.57. The summed E-state index contributed by atoms with van der Waals surface area (Å²) in [5, 5.41) is 2.39. The Bertz CT molecular complexity index is 2050. The number of aromatic amines is 2. The first-order chi connectivity index (χ1) is 25.3. The quantitative estimate of drug-likeness (QED) is 0.219. The van der Waals surface area contributed by atoms with Gasteiger partial charge >= 0.3 is 11.9 Å². The Labute approximate surface area is 306 Å². The van der Waals surface area contributed by atoms with Gasteiger partial charge in [0.1, 0.15) is 11.2 Å². The van der Waals surface area contributed by atoms with E-state index in [0.717, 1.165) is 86.2 Å². The SMILES string of the molecule is CC[C@H]1C[C@@H]2CN3CCc4c([nH]c5cc(OC)c([C@@H]6C[C@H]7C(C(=O)OC)[C@H](Cc8c6[nH]c6ccccc86)N(C)C[C@H]7CC)cc45)[C@](C(=O)OC)(C2)[C@H]13. The van der Waals surface area contributed by atoms with Gasteiger partial charge in [0.05, 0.1) is 27.2 Å². The zero-order valence-electron chi connectivity index (χ0n) is 31.6. The first-order valence-corrected chi connectivity index (χ1v) is 19.7. The van der Waals surface area contributed by atoms with Crippen molar-refractivity contribution >= 4 is 33.7 Å². The van der Waals surface area contributed by atoms with E-state index in [4.69, 9.17) is 14.2 Å². The maximum atomic E-state index is 14.2. The molecule has 1 saturated carbocycles. The molecule has 2 unspecified atom stereocenters. The number of H-pyrrole nitrogens is 2. The fraction of sp³-hybridized carbons (Fsp3) is 0.581. The van der Waals surface area contributed by atoms with E-state index in [-0.39, 0.29) is 41.8 Å². The number of carbonyl (C=O) groups excluding carboxylic acids is 2. The molecule has 9 heteroatoms. The molecule has 9 nitrogen and oxygen atoms in total. The number of benzene rings is 2. The zero-order chi connectivity index (χ0) is 36.1. The van der Waals surface area contributed by atoms with Gasteiger partial charge in [-0.2, -0.15) is 0 Å². The maximum absolute atomic E-state index is 14.2. The van der Waals surface area contributed by atoms with Crippen LogP contribution in [-0.2, 0) is 37.3 Å². The Balaban J connectivity index is 1.27. The lowest BCUT2D eigenvalue weighted by atomic mass is 9.56. The number of likely N-dealkylation sites (N-methyl/N-ethyl adjacent to an activating group) is 1. The molecule has 4 aromatic rings. The van der Waals surface area contributed by atoms with Crippen LogP contribution in [0.1, 0.15) is 79.9 Å². The van der Waals surface area contributed by atoms with Crippen molar-refractivity contribution in [2.75, 3.05) is 48.0 Å². The molecule has 4 fully saturated rings. The van der Waals surface area contributed by atoms with Gasteiger partial charge < -0.3 is 29.1 Å². The molecule has 4 aliphatic heterocycles. The summed E-state index contributed by atoms with van der Waals surface area (Å²) in [6.07, 6.45) is 6.51. The van der Waals surface area contributed by atoms with E-state index in [1.165, 1.54) is 34.0 Å². The number of fused-ring (bicyclic) bond motifs is 9. The van der Waals surface area contributed by atoms with Gasteiger partial charge in [-0.15, -0.1) is 0 Å². The number of para-hydroxylation sites is 1. The van der Waals surface area contributed by atoms with Crippen LogP contribution in [0.4, 0.5) is 0 Å². The number of rotatable bonds is 6. The van der Waals surface area contributed by atoms with Gasteiger partial charge in [0, 0.05) is 82.5 Å². The molecule has 6 aliphatic rings. The van der Waals surface area contributed by atoms with Crippen molar-refractivity contribution < 1.29 is 23.8 Å². The molecule has 2 aliphatic carbocycles. The third-order valence-electron chi connectivity index (χ3n) is 14.6. The second-order valence-corrected chi connectivity index (χ2v) is 16.7. The van der Waals surface area contributed by atoms with Crippen molar-refractivity contribution in [1.29, 1.82) is 0 Å².